The van der Waals surface area contributed by atoms with Crippen LogP contribution < -0.4 is 10.6 Å². The zero-order valence-electron chi connectivity index (χ0n) is 13.4. The van der Waals surface area contributed by atoms with E-state index in [-0.39, 0.29) is 0 Å². The first-order chi connectivity index (χ1) is 11.7. The normalized spacial score (nSPS) is 10.8. The van der Waals surface area contributed by atoms with Crippen LogP contribution in [0.5, 0.6) is 0 Å². The number of benzene rings is 1. The molecule has 124 valence electrons. The zero-order valence-corrected chi connectivity index (χ0v) is 14.1. The standard InChI is InChI=1S/C16H17ClN6O/c1-10-9-11(17)3-4-12(10)21-15-13-14(19-6-5-18-13)22-16(23-15)20-7-8-24-2/h3-6,9H,7-8H2,1-2H3,(H2,19,20,21,22,23). The van der Waals surface area contributed by atoms with Crippen LogP contribution in [-0.2, 0) is 4.74 Å². The topological polar surface area (TPSA) is 84.9 Å². The Kier molecular flexibility index (Phi) is 5.02. The van der Waals surface area contributed by atoms with Crippen molar-refractivity contribution in [2.75, 3.05) is 30.9 Å². The number of nitrogens with zero attached hydrogens (tertiary/aromatic N) is 4. The molecule has 0 saturated carbocycles. The molecule has 2 heterocycles. The molecule has 0 aliphatic carbocycles. The van der Waals surface area contributed by atoms with Gasteiger partial charge in [-0.3, -0.25) is 0 Å². The summed E-state index contributed by atoms with van der Waals surface area (Å²) in [5, 5.41) is 7.09. The fourth-order valence-corrected chi connectivity index (χ4v) is 2.42. The van der Waals surface area contributed by atoms with Crippen molar-refractivity contribution in [2.24, 2.45) is 0 Å². The van der Waals surface area contributed by atoms with Gasteiger partial charge in [0.1, 0.15) is 0 Å². The molecule has 0 aliphatic heterocycles. The number of fused-ring (bicyclic) bond motifs is 1. The van der Waals surface area contributed by atoms with Crippen molar-refractivity contribution >= 4 is 40.2 Å². The molecule has 3 rings (SSSR count). The van der Waals surface area contributed by atoms with Gasteiger partial charge >= 0.3 is 0 Å². The summed E-state index contributed by atoms with van der Waals surface area (Å²) < 4.78 is 5.03. The maximum atomic E-state index is 6.01. The van der Waals surface area contributed by atoms with Crippen molar-refractivity contribution in [3.8, 4) is 0 Å². The second kappa shape index (κ2) is 7.37. The van der Waals surface area contributed by atoms with Gasteiger partial charge in [-0.2, -0.15) is 9.97 Å². The second-order valence-corrected chi connectivity index (χ2v) is 5.56. The Morgan fingerprint density at radius 1 is 1.17 bits per heavy atom. The maximum Gasteiger partial charge on any atom is 0.226 e. The number of hydrogen-bond acceptors (Lipinski definition) is 7. The Hall–Kier alpha value is -2.51. The lowest BCUT2D eigenvalue weighted by Gasteiger charge is -2.12. The van der Waals surface area contributed by atoms with E-state index in [1.54, 1.807) is 19.5 Å². The molecule has 0 atom stereocenters. The van der Waals surface area contributed by atoms with Gasteiger partial charge in [-0.15, -0.1) is 0 Å². The number of hydrogen-bond donors (Lipinski definition) is 2. The van der Waals surface area contributed by atoms with Crippen molar-refractivity contribution in [1.29, 1.82) is 0 Å². The van der Waals surface area contributed by atoms with Gasteiger partial charge in [-0.05, 0) is 30.7 Å². The van der Waals surface area contributed by atoms with E-state index in [1.807, 2.05) is 25.1 Å². The number of anilines is 3. The van der Waals surface area contributed by atoms with Crippen LogP contribution in [-0.4, -0.2) is 40.2 Å². The molecule has 0 bridgehead atoms. The predicted molar refractivity (Wildman–Crippen MR) is 95.0 cm³/mol. The average Bonchev–Trinajstić information content (AvgIpc) is 2.57. The largest absolute Gasteiger partial charge is 0.383 e. The first-order valence-electron chi connectivity index (χ1n) is 7.42. The summed E-state index contributed by atoms with van der Waals surface area (Å²) in [7, 11) is 1.64. The lowest BCUT2D eigenvalue weighted by Crippen LogP contribution is -2.12. The molecule has 1 aromatic carbocycles. The quantitative estimate of drug-likeness (QED) is 0.664. The summed E-state index contributed by atoms with van der Waals surface area (Å²) in [4.78, 5) is 17.5. The van der Waals surface area contributed by atoms with Crippen molar-refractivity contribution in [2.45, 2.75) is 6.92 Å². The number of methoxy groups -OCH3 is 1. The molecular formula is C16H17ClN6O. The highest BCUT2D eigenvalue weighted by atomic mass is 35.5. The van der Waals surface area contributed by atoms with E-state index in [0.29, 0.717) is 41.1 Å². The summed E-state index contributed by atoms with van der Waals surface area (Å²) in [6.45, 7) is 3.13. The van der Waals surface area contributed by atoms with Crippen LogP contribution in [0.1, 0.15) is 5.56 Å². The first-order valence-corrected chi connectivity index (χ1v) is 7.80. The fourth-order valence-electron chi connectivity index (χ4n) is 2.19. The minimum atomic E-state index is 0.467. The molecule has 0 fully saturated rings. The second-order valence-electron chi connectivity index (χ2n) is 5.13. The smallest absolute Gasteiger partial charge is 0.226 e. The Bertz CT molecular complexity index is 857. The summed E-state index contributed by atoms with van der Waals surface area (Å²) >= 11 is 6.01. The molecule has 7 nitrogen and oxygen atoms in total. The van der Waals surface area contributed by atoms with E-state index in [2.05, 4.69) is 30.6 Å². The summed E-state index contributed by atoms with van der Waals surface area (Å²) in [5.41, 5.74) is 3.02. The van der Waals surface area contributed by atoms with Crippen molar-refractivity contribution in [1.82, 2.24) is 19.9 Å². The highest BCUT2D eigenvalue weighted by Gasteiger charge is 2.11. The number of aromatic nitrogens is 4. The maximum absolute atomic E-state index is 6.01. The van der Waals surface area contributed by atoms with Crippen LogP contribution >= 0.6 is 11.6 Å². The number of halogens is 1. The minimum absolute atomic E-state index is 0.467. The van der Waals surface area contributed by atoms with Gasteiger partial charge in [0.25, 0.3) is 0 Å². The first kappa shape index (κ1) is 16.4. The third-order valence-electron chi connectivity index (χ3n) is 3.36. The minimum Gasteiger partial charge on any atom is -0.383 e. The van der Waals surface area contributed by atoms with Gasteiger partial charge in [-0.25, -0.2) is 9.97 Å². The van der Waals surface area contributed by atoms with Crippen LogP contribution in [0.2, 0.25) is 5.02 Å². The summed E-state index contributed by atoms with van der Waals surface area (Å²) in [5.74, 6) is 1.05. The van der Waals surface area contributed by atoms with Crippen LogP contribution in [0.4, 0.5) is 17.5 Å². The third-order valence-corrected chi connectivity index (χ3v) is 3.60. The molecule has 3 aromatic rings. The van der Waals surface area contributed by atoms with Gasteiger partial charge in [0.2, 0.25) is 5.95 Å². The molecule has 0 aliphatic rings. The van der Waals surface area contributed by atoms with Crippen LogP contribution in [0, 0.1) is 6.92 Å². The van der Waals surface area contributed by atoms with Gasteiger partial charge in [-0.1, -0.05) is 11.6 Å². The van der Waals surface area contributed by atoms with E-state index in [9.17, 15) is 0 Å². The van der Waals surface area contributed by atoms with Gasteiger partial charge in [0.15, 0.2) is 17.0 Å². The fraction of sp³-hybridized carbons (Fsp3) is 0.250. The average molecular weight is 345 g/mol. The molecule has 2 aromatic heterocycles. The number of nitrogens with one attached hydrogen (secondary N) is 2. The lowest BCUT2D eigenvalue weighted by molar-refractivity contribution is 0.210. The van der Waals surface area contributed by atoms with Gasteiger partial charge in [0.05, 0.1) is 6.61 Å². The van der Waals surface area contributed by atoms with Crippen LogP contribution in [0.25, 0.3) is 11.2 Å². The van der Waals surface area contributed by atoms with E-state index in [4.69, 9.17) is 16.3 Å². The molecule has 0 amide bonds. The Morgan fingerprint density at radius 3 is 2.79 bits per heavy atom. The summed E-state index contributed by atoms with van der Waals surface area (Å²) in [6, 6.07) is 5.61. The third kappa shape index (κ3) is 3.69. The van der Waals surface area contributed by atoms with E-state index in [0.717, 1.165) is 11.3 Å². The summed E-state index contributed by atoms with van der Waals surface area (Å²) in [6.07, 6.45) is 3.22. The number of aryl methyl sites for hydroxylation is 1. The molecule has 0 radical (unpaired) electrons. The molecule has 24 heavy (non-hydrogen) atoms. The van der Waals surface area contributed by atoms with E-state index >= 15 is 0 Å². The molecule has 0 spiro atoms. The van der Waals surface area contributed by atoms with E-state index in [1.165, 1.54) is 0 Å². The van der Waals surface area contributed by atoms with Crippen molar-refractivity contribution in [3.63, 3.8) is 0 Å². The van der Waals surface area contributed by atoms with E-state index < -0.39 is 0 Å². The molecule has 0 unspecified atom stereocenters. The molecular weight excluding hydrogens is 328 g/mol. The Morgan fingerprint density at radius 2 is 2.00 bits per heavy atom. The zero-order chi connectivity index (χ0) is 16.9. The SMILES string of the molecule is COCCNc1nc(Nc2ccc(Cl)cc2C)c2nccnc2n1. The highest BCUT2D eigenvalue weighted by molar-refractivity contribution is 6.30. The Balaban J connectivity index is 1.98. The number of ether oxygens (including phenoxy) is 1. The van der Waals surface area contributed by atoms with Crippen molar-refractivity contribution < 1.29 is 4.74 Å². The molecule has 2 N–H and O–H groups in total. The Labute approximate surface area is 144 Å². The van der Waals surface area contributed by atoms with Crippen LogP contribution in [0.3, 0.4) is 0 Å². The van der Waals surface area contributed by atoms with Crippen LogP contribution in [0.15, 0.2) is 30.6 Å². The number of rotatable bonds is 6. The monoisotopic (exact) mass is 344 g/mol. The highest BCUT2D eigenvalue weighted by Crippen LogP contribution is 2.26. The lowest BCUT2D eigenvalue weighted by atomic mass is 10.2. The molecule has 0 saturated heterocycles. The van der Waals surface area contributed by atoms with Crippen molar-refractivity contribution in [3.05, 3.63) is 41.2 Å². The van der Waals surface area contributed by atoms with Gasteiger partial charge < -0.3 is 15.4 Å². The predicted octanol–water partition coefficient (Wildman–Crippen LogP) is 3.18. The van der Waals surface area contributed by atoms with Gasteiger partial charge in [0, 0.05) is 36.8 Å². The molecule has 8 heteroatoms.